The number of phenols is 1. The average Bonchev–Trinajstić information content (AvgIpc) is 2.59. The molecule has 25 heavy (non-hydrogen) atoms. The maximum atomic E-state index is 12.6. The highest BCUT2D eigenvalue weighted by Gasteiger charge is 2.32. The largest absolute Gasteiger partial charge is 0.503 e. The van der Waals surface area contributed by atoms with Gasteiger partial charge in [-0.1, -0.05) is 0 Å². The Labute approximate surface area is 150 Å². The second-order valence-corrected chi connectivity index (χ2v) is 6.41. The Morgan fingerprint density at radius 1 is 1.20 bits per heavy atom. The highest BCUT2D eigenvalue weighted by atomic mass is 79.9. The van der Waals surface area contributed by atoms with Crippen molar-refractivity contribution in [2.24, 2.45) is 14.1 Å². The van der Waals surface area contributed by atoms with Crippen molar-refractivity contribution in [1.29, 1.82) is 0 Å². The number of aromatic nitrogens is 2. The lowest BCUT2D eigenvalue weighted by Gasteiger charge is -2.29. The summed E-state index contributed by atoms with van der Waals surface area (Å²) in [6.45, 7) is 0. The molecule has 132 valence electrons. The smallest absolute Gasteiger partial charge is 0.332 e. The van der Waals surface area contributed by atoms with E-state index in [4.69, 9.17) is 4.74 Å². The first-order chi connectivity index (χ1) is 11.8. The van der Waals surface area contributed by atoms with E-state index in [1.54, 1.807) is 6.07 Å². The van der Waals surface area contributed by atoms with Crippen LogP contribution in [0.1, 0.15) is 17.2 Å². The van der Waals surface area contributed by atoms with Crippen LogP contribution in [0.5, 0.6) is 11.5 Å². The molecule has 2 aromatic rings. The number of ether oxygens (including phenoxy) is 1. The molecule has 2 heterocycles. The number of nitrogens with zero attached hydrogens (tertiary/aromatic N) is 2. The highest BCUT2D eigenvalue weighted by molar-refractivity contribution is 9.10. The molecule has 0 radical (unpaired) electrons. The van der Waals surface area contributed by atoms with E-state index in [2.05, 4.69) is 26.6 Å². The lowest BCUT2D eigenvalue weighted by Crippen LogP contribution is -2.49. The monoisotopic (exact) mass is 410 g/mol. The number of amides is 2. The summed E-state index contributed by atoms with van der Waals surface area (Å²) in [6, 6.07) is 1.72. The fraction of sp³-hybridized carbons (Fsp3) is 0.267. The molecule has 9 nitrogen and oxygen atoms in total. The number of phenolic OH excluding ortho intramolecular Hbond substituents is 1. The van der Waals surface area contributed by atoms with E-state index >= 15 is 0 Å². The van der Waals surface area contributed by atoms with Crippen LogP contribution in [0.25, 0.3) is 0 Å². The van der Waals surface area contributed by atoms with Crippen molar-refractivity contribution in [1.82, 2.24) is 14.5 Å². The second kappa shape index (κ2) is 5.96. The van der Waals surface area contributed by atoms with Crippen LogP contribution in [0.3, 0.4) is 0 Å². The molecule has 0 saturated heterocycles. The molecular weight excluding hydrogens is 396 g/mol. The number of methoxy groups -OCH3 is 1. The number of anilines is 1. The van der Waals surface area contributed by atoms with E-state index in [-0.39, 0.29) is 22.9 Å². The summed E-state index contributed by atoms with van der Waals surface area (Å²) in [5.74, 6) is 0.213. The van der Waals surface area contributed by atoms with E-state index in [1.807, 2.05) is 0 Å². The van der Waals surface area contributed by atoms with E-state index in [9.17, 15) is 19.5 Å². The van der Waals surface area contributed by atoms with Crippen molar-refractivity contribution in [2.45, 2.75) is 6.04 Å². The number of rotatable bonds is 2. The number of carbonyl (C=O) groups is 1. The lowest BCUT2D eigenvalue weighted by atomic mass is 9.98. The number of urea groups is 1. The topological polar surface area (TPSA) is 115 Å². The number of carbonyl (C=O) groups excluding carboxylic acids is 1. The van der Waals surface area contributed by atoms with Gasteiger partial charge in [0.05, 0.1) is 23.2 Å². The van der Waals surface area contributed by atoms with Gasteiger partial charge < -0.3 is 15.2 Å². The van der Waals surface area contributed by atoms with Crippen molar-refractivity contribution in [3.8, 4) is 11.5 Å². The zero-order valence-corrected chi connectivity index (χ0v) is 15.2. The zero-order chi connectivity index (χ0) is 18.5. The van der Waals surface area contributed by atoms with Gasteiger partial charge in [-0.2, -0.15) is 0 Å². The Hall–Kier alpha value is -2.75. The Kier molecular flexibility index (Phi) is 4.07. The molecule has 0 fully saturated rings. The standard InChI is InChI=1S/C15H15BrN4O5/c1-19-12-9(13(22)20(2)15(19)24)10(17-14(23)18-12)6-4-7(16)11(21)8(5-6)25-3/h4-5,10,21H,1-3H3,(H2,17,18,23)/t10-/m1/s1. The van der Waals surface area contributed by atoms with Crippen molar-refractivity contribution < 1.29 is 14.6 Å². The Balaban J connectivity index is 2.32. The summed E-state index contributed by atoms with van der Waals surface area (Å²) < 4.78 is 7.64. The highest BCUT2D eigenvalue weighted by Crippen LogP contribution is 2.39. The van der Waals surface area contributed by atoms with Gasteiger partial charge in [-0.05, 0) is 33.6 Å². The van der Waals surface area contributed by atoms with Crippen LogP contribution in [0.15, 0.2) is 26.2 Å². The molecule has 2 amide bonds. The number of halogens is 1. The van der Waals surface area contributed by atoms with Gasteiger partial charge in [-0.25, -0.2) is 9.59 Å². The number of aromatic hydroxyl groups is 1. The quantitative estimate of drug-likeness (QED) is 0.676. The van der Waals surface area contributed by atoms with Gasteiger partial charge in [0.15, 0.2) is 11.5 Å². The van der Waals surface area contributed by atoms with Gasteiger partial charge in [0.25, 0.3) is 5.56 Å². The van der Waals surface area contributed by atoms with Gasteiger partial charge in [-0.15, -0.1) is 0 Å². The van der Waals surface area contributed by atoms with Crippen LogP contribution in [-0.4, -0.2) is 27.4 Å². The normalized spacial score (nSPS) is 16.0. The van der Waals surface area contributed by atoms with Crippen molar-refractivity contribution in [3.63, 3.8) is 0 Å². The minimum atomic E-state index is -0.819. The molecule has 0 saturated carbocycles. The van der Waals surface area contributed by atoms with Gasteiger partial charge in [0, 0.05) is 14.1 Å². The molecule has 1 aromatic carbocycles. The van der Waals surface area contributed by atoms with Gasteiger partial charge in [-0.3, -0.25) is 19.2 Å². The lowest BCUT2D eigenvalue weighted by molar-refractivity contribution is 0.248. The third-order valence-electron chi connectivity index (χ3n) is 4.10. The molecule has 0 bridgehead atoms. The molecule has 0 spiro atoms. The maximum absolute atomic E-state index is 12.6. The fourth-order valence-electron chi connectivity index (χ4n) is 2.79. The molecule has 0 unspecified atom stereocenters. The minimum Gasteiger partial charge on any atom is -0.503 e. The molecule has 0 aliphatic carbocycles. The molecule has 1 atom stereocenters. The summed E-state index contributed by atoms with van der Waals surface area (Å²) >= 11 is 3.22. The third-order valence-corrected chi connectivity index (χ3v) is 4.70. The summed E-state index contributed by atoms with van der Waals surface area (Å²) in [6.07, 6.45) is 0. The molecular formula is C15H15BrN4O5. The van der Waals surface area contributed by atoms with Gasteiger partial charge in [0.1, 0.15) is 5.82 Å². The van der Waals surface area contributed by atoms with E-state index < -0.39 is 23.3 Å². The molecule has 10 heteroatoms. The van der Waals surface area contributed by atoms with Crippen molar-refractivity contribution in [3.05, 3.63) is 48.6 Å². The Bertz CT molecular complexity index is 1010. The fourth-order valence-corrected chi connectivity index (χ4v) is 3.25. The van der Waals surface area contributed by atoms with E-state index in [0.29, 0.717) is 10.0 Å². The molecule has 3 N–H and O–H groups in total. The summed E-state index contributed by atoms with van der Waals surface area (Å²) in [4.78, 5) is 36.8. The first kappa shape index (κ1) is 17.1. The van der Waals surface area contributed by atoms with Gasteiger partial charge >= 0.3 is 11.7 Å². The van der Waals surface area contributed by atoms with E-state index in [0.717, 1.165) is 4.57 Å². The number of nitrogens with one attached hydrogen (secondary N) is 2. The predicted molar refractivity (Wildman–Crippen MR) is 93.3 cm³/mol. The molecule has 3 rings (SSSR count). The van der Waals surface area contributed by atoms with Crippen LogP contribution in [0, 0.1) is 0 Å². The first-order valence-corrected chi connectivity index (χ1v) is 7.99. The van der Waals surface area contributed by atoms with Crippen LogP contribution >= 0.6 is 15.9 Å². The van der Waals surface area contributed by atoms with Crippen LogP contribution in [0.4, 0.5) is 10.6 Å². The van der Waals surface area contributed by atoms with E-state index in [1.165, 1.54) is 31.8 Å². The molecule has 1 aromatic heterocycles. The summed E-state index contributed by atoms with van der Waals surface area (Å²) in [5.41, 5.74) is -0.356. The Morgan fingerprint density at radius 2 is 1.88 bits per heavy atom. The first-order valence-electron chi connectivity index (χ1n) is 7.20. The molecule has 1 aliphatic heterocycles. The van der Waals surface area contributed by atoms with Crippen LogP contribution in [-0.2, 0) is 14.1 Å². The SMILES string of the molecule is COc1cc([C@H]2NC(=O)Nc3c2c(=O)n(C)c(=O)n3C)cc(Br)c1O. The number of fused-ring (bicyclic) bond motifs is 1. The predicted octanol–water partition coefficient (Wildman–Crippen LogP) is 0.785. The average molecular weight is 411 g/mol. The van der Waals surface area contributed by atoms with Crippen LogP contribution < -0.4 is 26.6 Å². The number of hydrogen-bond acceptors (Lipinski definition) is 5. The zero-order valence-electron chi connectivity index (χ0n) is 13.6. The summed E-state index contributed by atoms with van der Waals surface area (Å²) in [5, 5.41) is 15.1. The number of hydrogen-bond donors (Lipinski definition) is 3. The van der Waals surface area contributed by atoms with Crippen molar-refractivity contribution >= 4 is 27.8 Å². The Morgan fingerprint density at radius 3 is 2.52 bits per heavy atom. The summed E-state index contributed by atoms with van der Waals surface area (Å²) in [7, 11) is 4.23. The second-order valence-electron chi connectivity index (χ2n) is 5.55. The van der Waals surface area contributed by atoms with Gasteiger partial charge in [0.2, 0.25) is 0 Å². The minimum absolute atomic E-state index is 0.0971. The number of benzene rings is 1. The maximum Gasteiger partial charge on any atom is 0.332 e. The van der Waals surface area contributed by atoms with Crippen molar-refractivity contribution in [2.75, 3.05) is 12.4 Å². The van der Waals surface area contributed by atoms with Crippen LogP contribution in [0.2, 0.25) is 0 Å². The molecule has 1 aliphatic rings. The third kappa shape index (κ3) is 2.58.